The summed E-state index contributed by atoms with van der Waals surface area (Å²) in [6.07, 6.45) is 0. The Morgan fingerprint density at radius 3 is 2.27 bits per heavy atom. The van der Waals surface area contributed by atoms with Gasteiger partial charge in [0.05, 0.1) is 5.69 Å². The molecule has 1 aromatic heterocycles. The van der Waals surface area contributed by atoms with E-state index in [1.807, 2.05) is 0 Å². The van der Waals surface area contributed by atoms with Crippen LogP contribution in [0.4, 0.5) is 22.0 Å². The molecule has 0 aliphatic rings. The van der Waals surface area contributed by atoms with E-state index < -0.39 is 11.8 Å². The quantitative estimate of drug-likeness (QED) is 0.384. The third-order valence-corrected chi connectivity index (χ3v) is 3.95. The second kappa shape index (κ2) is 8.60. The van der Waals surface area contributed by atoms with E-state index in [1.165, 1.54) is 24.3 Å². The molecule has 0 aliphatic carbocycles. The van der Waals surface area contributed by atoms with Crippen molar-refractivity contribution in [3.63, 3.8) is 0 Å². The lowest BCUT2D eigenvalue weighted by molar-refractivity contribution is 0.0721. The molecule has 0 fully saturated rings. The SMILES string of the molecule is Cc1cc(N=Nc2nc(C(=O)Oc3ccc(F)cc3)nc(N(C)C)n2)cc(C)c1O. The Morgan fingerprint density at radius 1 is 1.03 bits per heavy atom. The zero-order valence-corrected chi connectivity index (χ0v) is 16.8. The standard InChI is InChI=1S/C20H19FN6O3/c1-11-9-14(10-12(2)16(11)28)25-26-19-22-17(23-20(24-19)27(3)4)18(29)30-15-7-5-13(21)6-8-15/h5-10,28H,1-4H3. The summed E-state index contributed by atoms with van der Waals surface area (Å²) in [5.74, 6) is -1.15. The van der Waals surface area contributed by atoms with Gasteiger partial charge in [-0.2, -0.15) is 15.0 Å². The molecule has 0 saturated carbocycles. The number of carbonyl (C=O) groups excluding carboxylic acids is 1. The Labute approximate surface area is 171 Å². The minimum Gasteiger partial charge on any atom is -0.507 e. The van der Waals surface area contributed by atoms with Gasteiger partial charge in [0.25, 0.3) is 5.95 Å². The van der Waals surface area contributed by atoms with E-state index in [-0.39, 0.29) is 29.2 Å². The van der Waals surface area contributed by atoms with Crippen LogP contribution in [0, 0.1) is 19.7 Å². The summed E-state index contributed by atoms with van der Waals surface area (Å²) in [5.41, 5.74) is 1.79. The van der Waals surface area contributed by atoms with Gasteiger partial charge in [0, 0.05) is 14.1 Å². The van der Waals surface area contributed by atoms with Gasteiger partial charge in [-0.1, -0.05) is 0 Å². The number of phenols is 1. The smallest absolute Gasteiger partial charge is 0.382 e. The molecule has 0 aliphatic heterocycles. The number of aryl methyl sites for hydroxylation is 2. The molecule has 1 heterocycles. The van der Waals surface area contributed by atoms with Crippen LogP contribution in [0.25, 0.3) is 0 Å². The molecule has 3 aromatic rings. The number of anilines is 1. The maximum atomic E-state index is 13.0. The average molecular weight is 410 g/mol. The molecule has 0 unspecified atom stereocenters. The number of phenolic OH excluding ortho intramolecular Hbond substituents is 1. The van der Waals surface area contributed by atoms with Gasteiger partial charge in [-0.05, 0) is 61.4 Å². The lowest BCUT2D eigenvalue weighted by Crippen LogP contribution is -2.19. The monoisotopic (exact) mass is 410 g/mol. The van der Waals surface area contributed by atoms with Crippen LogP contribution in [0.5, 0.6) is 11.5 Å². The van der Waals surface area contributed by atoms with Gasteiger partial charge in [0.1, 0.15) is 17.3 Å². The van der Waals surface area contributed by atoms with Gasteiger partial charge < -0.3 is 14.7 Å². The topological polar surface area (TPSA) is 113 Å². The summed E-state index contributed by atoms with van der Waals surface area (Å²) in [7, 11) is 3.38. The highest BCUT2D eigenvalue weighted by atomic mass is 19.1. The number of nitrogens with zero attached hydrogens (tertiary/aromatic N) is 6. The third kappa shape index (κ3) is 4.90. The molecular formula is C20H19FN6O3. The maximum absolute atomic E-state index is 13.0. The number of hydrogen-bond donors (Lipinski definition) is 1. The van der Waals surface area contributed by atoms with Crippen LogP contribution in [-0.4, -0.2) is 40.1 Å². The van der Waals surface area contributed by atoms with E-state index in [2.05, 4.69) is 25.2 Å². The van der Waals surface area contributed by atoms with Crippen molar-refractivity contribution in [3.8, 4) is 11.5 Å². The summed E-state index contributed by atoms with van der Waals surface area (Å²) in [6, 6.07) is 8.28. The van der Waals surface area contributed by atoms with Crippen molar-refractivity contribution in [2.45, 2.75) is 13.8 Å². The van der Waals surface area contributed by atoms with Gasteiger partial charge in [0.15, 0.2) is 0 Å². The van der Waals surface area contributed by atoms with Gasteiger partial charge in [-0.15, -0.1) is 10.2 Å². The molecule has 0 bridgehead atoms. The van der Waals surface area contributed by atoms with E-state index in [1.54, 1.807) is 45.0 Å². The summed E-state index contributed by atoms with van der Waals surface area (Å²) in [5, 5.41) is 17.9. The van der Waals surface area contributed by atoms with Gasteiger partial charge >= 0.3 is 5.97 Å². The molecule has 0 saturated heterocycles. The highest BCUT2D eigenvalue weighted by Gasteiger charge is 2.17. The fourth-order valence-electron chi connectivity index (χ4n) is 2.44. The van der Waals surface area contributed by atoms with E-state index in [0.29, 0.717) is 16.8 Å². The second-order valence-corrected chi connectivity index (χ2v) is 6.63. The number of ether oxygens (including phenoxy) is 1. The molecule has 10 heteroatoms. The van der Waals surface area contributed by atoms with Gasteiger partial charge in [-0.25, -0.2) is 9.18 Å². The predicted octanol–water partition coefficient (Wildman–Crippen LogP) is 4.03. The molecule has 0 atom stereocenters. The minimum absolute atomic E-state index is 0.0943. The number of hydrogen-bond acceptors (Lipinski definition) is 9. The third-order valence-electron chi connectivity index (χ3n) is 3.95. The van der Waals surface area contributed by atoms with Crippen LogP contribution in [-0.2, 0) is 0 Å². The van der Waals surface area contributed by atoms with Crippen LogP contribution < -0.4 is 9.64 Å². The fourth-order valence-corrected chi connectivity index (χ4v) is 2.44. The van der Waals surface area contributed by atoms with Crippen LogP contribution in [0.3, 0.4) is 0 Å². The number of rotatable bonds is 5. The molecule has 0 spiro atoms. The highest BCUT2D eigenvalue weighted by molar-refractivity contribution is 5.87. The molecule has 0 radical (unpaired) electrons. The van der Waals surface area contributed by atoms with Crippen LogP contribution in [0.1, 0.15) is 21.7 Å². The Bertz CT molecular complexity index is 1090. The fraction of sp³-hybridized carbons (Fsp3) is 0.200. The Kier molecular flexibility index (Phi) is 5.95. The number of aromatic nitrogens is 3. The van der Waals surface area contributed by atoms with Crippen molar-refractivity contribution < 1.29 is 19.0 Å². The molecule has 3 rings (SSSR count). The molecule has 2 aromatic carbocycles. The Hall–Kier alpha value is -3.95. The number of esters is 1. The summed E-state index contributed by atoms with van der Waals surface area (Å²) in [4.78, 5) is 26.2. The van der Waals surface area contributed by atoms with Crippen LogP contribution in [0.15, 0.2) is 46.6 Å². The van der Waals surface area contributed by atoms with Gasteiger partial charge in [-0.3, -0.25) is 0 Å². The zero-order valence-electron chi connectivity index (χ0n) is 16.8. The molecule has 154 valence electrons. The maximum Gasteiger partial charge on any atom is 0.382 e. The minimum atomic E-state index is -0.847. The van der Waals surface area contributed by atoms with Crippen molar-refractivity contribution in [3.05, 3.63) is 59.2 Å². The zero-order chi connectivity index (χ0) is 21.8. The first-order valence-corrected chi connectivity index (χ1v) is 8.86. The van der Waals surface area contributed by atoms with E-state index in [9.17, 15) is 14.3 Å². The average Bonchev–Trinajstić information content (AvgIpc) is 2.71. The summed E-state index contributed by atoms with van der Waals surface area (Å²) < 4.78 is 18.2. The van der Waals surface area contributed by atoms with E-state index in [4.69, 9.17) is 4.74 Å². The highest BCUT2D eigenvalue weighted by Crippen LogP contribution is 2.28. The van der Waals surface area contributed by atoms with Crippen LogP contribution in [0.2, 0.25) is 0 Å². The molecule has 0 amide bonds. The van der Waals surface area contributed by atoms with Crippen molar-refractivity contribution in [1.29, 1.82) is 0 Å². The van der Waals surface area contributed by atoms with Gasteiger partial charge in [0.2, 0.25) is 11.8 Å². The van der Waals surface area contributed by atoms with Crippen LogP contribution >= 0.6 is 0 Å². The Balaban J connectivity index is 1.90. The Morgan fingerprint density at radius 2 is 1.67 bits per heavy atom. The lowest BCUT2D eigenvalue weighted by Gasteiger charge is -2.11. The van der Waals surface area contributed by atoms with E-state index >= 15 is 0 Å². The number of azo groups is 1. The normalized spacial score (nSPS) is 11.0. The first-order chi connectivity index (χ1) is 14.2. The summed E-state index contributed by atoms with van der Waals surface area (Å²) in [6.45, 7) is 3.50. The van der Waals surface area contributed by atoms with E-state index in [0.717, 1.165) is 0 Å². The molecular weight excluding hydrogens is 391 g/mol. The first kappa shape index (κ1) is 20.8. The first-order valence-electron chi connectivity index (χ1n) is 8.86. The van der Waals surface area contributed by atoms with Crippen molar-refractivity contribution in [2.24, 2.45) is 10.2 Å². The number of aromatic hydroxyl groups is 1. The largest absolute Gasteiger partial charge is 0.507 e. The van der Waals surface area contributed by atoms with Crippen molar-refractivity contribution in [1.82, 2.24) is 15.0 Å². The second-order valence-electron chi connectivity index (χ2n) is 6.63. The predicted molar refractivity (Wildman–Crippen MR) is 107 cm³/mol. The summed E-state index contributed by atoms with van der Waals surface area (Å²) >= 11 is 0. The lowest BCUT2D eigenvalue weighted by atomic mass is 10.1. The van der Waals surface area contributed by atoms with Crippen molar-refractivity contribution >= 4 is 23.6 Å². The number of carbonyl (C=O) groups is 1. The molecule has 9 nitrogen and oxygen atoms in total. The number of benzene rings is 2. The van der Waals surface area contributed by atoms with Crippen molar-refractivity contribution in [2.75, 3.05) is 19.0 Å². The molecule has 30 heavy (non-hydrogen) atoms. The number of halogens is 1. The molecule has 1 N–H and O–H groups in total.